The number of hydrazine groups is 1. The second-order valence-electron chi connectivity index (χ2n) is 8.56. The molecular weight excluding hydrogens is 368 g/mol. The fraction of sp³-hybridized carbons (Fsp3) is 0.591. The quantitative estimate of drug-likeness (QED) is 0.746. The van der Waals surface area contributed by atoms with Gasteiger partial charge in [-0.3, -0.25) is 19.9 Å². The Morgan fingerprint density at radius 1 is 1.07 bits per heavy atom. The summed E-state index contributed by atoms with van der Waals surface area (Å²) >= 11 is 0. The number of hydrogen-bond acceptors (Lipinski definition) is 4. The highest BCUT2D eigenvalue weighted by Crippen LogP contribution is 2.33. The average Bonchev–Trinajstić information content (AvgIpc) is 2.95. The summed E-state index contributed by atoms with van der Waals surface area (Å²) in [7, 11) is 0. The second-order valence-corrected chi connectivity index (χ2v) is 8.56. The normalized spacial score (nSPS) is 24.6. The highest BCUT2D eigenvalue weighted by Gasteiger charge is 2.52. The third-order valence-corrected chi connectivity index (χ3v) is 6.52. The lowest BCUT2D eigenvalue weighted by molar-refractivity contribution is -0.140. The number of benzene rings is 1. The van der Waals surface area contributed by atoms with Crippen LogP contribution in [-0.4, -0.2) is 52.4 Å². The van der Waals surface area contributed by atoms with Crippen LogP contribution in [0.4, 0.5) is 4.79 Å². The fourth-order valence-electron chi connectivity index (χ4n) is 4.95. The zero-order valence-electron chi connectivity index (χ0n) is 16.9. The Balaban J connectivity index is 1.36. The molecule has 3 fully saturated rings. The summed E-state index contributed by atoms with van der Waals surface area (Å²) in [6.45, 7) is 1.05. The molecule has 1 aromatic carbocycles. The SMILES string of the molecule is O=C(CN1CCCC[C@H]1Cc1ccccc1)NN1C(=O)NC2(CCCCC2)C1=O. The van der Waals surface area contributed by atoms with Crippen molar-refractivity contribution in [1.29, 1.82) is 0 Å². The Morgan fingerprint density at radius 3 is 2.59 bits per heavy atom. The van der Waals surface area contributed by atoms with Crippen LogP contribution in [0.3, 0.4) is 0 Å². The van der Waals surface area contributed by atoms with Crippen molar-refractivity contribution >= 4 is 17.8 Å². The van der Waals surface area contributed by atoms with E-state index in [1.807, 2.05) is 18.2 Å². The number of nitrogens with one attached hydrogen (secondary N) is 2. The van der Waals surface area contributed by atoms with Gasteiger partial charge in [0.15, 0.2) is 0 Å². The Bertz CT molecular complexity index is 761. The third-order valence-electron chi connectivity index (χ3n) is 6.52. The molecule has 0 bridgehead atoms. The zero-order chi connectivity index (χ0) is 20.3. The molecule has 0 unspecified atom stereocenters. The van der Waals surface area contributed by atoms with Gasteiger partial charge in [0.2, 0.25) is 0 Å². The van der Waals surface area contributed by atoms with E-state index in [1.54, 1.807) is 0 Å². The van der Waals surface area contributed by atoms with E-state index in [9.17, 15) is 14.4 Å². The number of amides is 4. The Morgan fingerprint density at radius 2 is 1.83 bits per heavy atom. The van der Waals surface area contributed by atoms with Crippen molar-refractivity contribution in [3.8, 4) is 0 Å². The lowest BCUT2D eigenvalue weighted by Crippen LogP contribution is -2.54. The Kier molecular flexibility index (Phi) is 5.85. The lowest BCUT2D eigenvalue weighted by atomic mass is 9.82. The van der Waals surface area contributed by atoms with E-state index in [2.05, 4.69) is 27.8 Å². The molecule has 0 radical (unpaired) electrons. The van der Waals surface area contributed by atoms with Gasteiger partial charge in [0, 0.05) is 6.04 Å². The molecule has 1 atom stereocenters. The van der Waals surface area contributed by atoms with Crippen LogP contribution >= 0.6 is 0 Å². The summed E-state index contributed by atoms with van der Waals surface area (Å²) in [6.07, 6.45) is 8.38. The molecule has 1 spiro atoms. The van der Waals surface area contributed by atoms with E-state index in [4.69, 9.17) is 0 Å². The molecule has 0 aromatic heterocycles. The minimum atomic E-state index is -0.816. The fourth-order valence-corrected chi connectivity index (χ4v) is 4.95. The second kappa shape index (κ2) is 8.53. The number of piperidine rings is 1. The average molecular weight is 399 g/mol. The molecule has 4 amide bonds. The number of carbonyl (C=O) groups excluding carboxylic acids is 3. The van der Waals surface area contributed by atoms with E-state index in [0.717, 1.165) is 56.5 Å². The van der Waals surface area contributed by atoms with Gasteiger partial charge in [0.05, 0.1) is 6.54 Å². The maximum atomic E-state index is 12.8. The first kappa shape index (κ1) is 19.9. The van der Waals surface area contributed by atoms with Crippen molar-refractivity contribution < 1.29 is 14.4 Å². The van der Waals surface area contributed by atoms with E-state index in [0.29, 0.717) is 18.9 Å². The van der Waals surface area contributed by atoms with E-state index in [-0.39, 0.29) is 18.4 Å². The van der Waals surface area contributed by atoms with Crippen LogP contribution < -0.4 is 10.7 Å². The molecule has 2 heterocycles. The predicted octanol–water partition coefficient (Wildman–Crippen LogP) is 2.37. The van der Waals surface area contributed by atoms with E-state index in [1.165, 1.54) is 5.56 Å². The summed E-state index contributed by atoms with van der Waals surface area (Å²) in [5.74, 6) is -0.614. The van der Waals surface area contributed by atoms with Crippen LogP contribution in [0.5, 0.6) is 0 Å². The summed E-state index contributed by atoms with van der Waals surface area (Å²) in [6, 6.07) is 10.1. The Labute approximate surface area is 171 Å². The number of rotatable bonds is 5. The molecule has 156 valence electrons. The summed E-state index contributed by atoms with van der Waals surface area (Å²) in [5, 5.41) is 3.74. The first-order chi connectivity index (χ1) is 14.1. The standard InChI is InChI=1S/C22H30N4O3/c27-19(24-26-20(28)22(23-21(26)29)12-6-2-7-13-22)16-25-14-8-5-11-18(25)15-17-9-3-1-4-10-17/h1,3-4,9-10,18H,2,5-8,11-16H2,(H,23,29)(H,24,27)/t18-/m0/s1. The zero-order valence-corrected chi connectivity index (χ0v) is 16.9. The molecule has 2 saturated heterocycles. The van der Waals surface area contributed by atoms with E-state index < -0.39 is 11.6 Å². The first-order valence-corrected chi connectivity index (χ1v) is 10.8. The molecule has 4 rings (SSSR count). The summed E-state index contributed by atoms with van der Waals surface area (Å²) in [4.78, 5) is 40.1. The third kappa shape index (κ3) is 4.29. The van der Waals surface area contributed by atoms with Gasteiger partial charge in [0.1, 0.15) is 5.54 Å². The maximum absolute atomic E-state index is 12.8. The number of hydrogen-bond donors (Lipinski definition) is 2. The van der Waals surface area contributed by atoms with Crippen LogP contribution in [0.25, 0.3) is 0 Å². The van der Waals surface area contributed by atoms with Crippen molar-refractivity contribution in [1.82, 2.24) is 20.7 Å². The van der Waals surface area contributed by atoms with Gasteiger partial charge in [0.25, 0.3) is 11.8 Å². The molecule has 3 aliphatic rings. The number of urea groups is 1. The number of imide groups is 1. The number of nitrogens with zero attached hydrogens (tertiary/aromatic N) is 2. The van der Waals surface area contributed by atoms with Gasteiger partial charge in [-0.25, -0.2) is 4.79 Å². The highest BCUT2D eigenvalue weighted by molar-refractivity contribution is 6.08. The first-order valence-electron chi connectivity index (χ1n) is 10.8. The van der Waals surface area contributed by atoms with Crippen LogP contribution in [0.15, 0.2) is 30.3 Å². The van der Waals surface area contributed by atoms with Crippen LogP contribution in [0.2, 0.25) is 0 Å². The monoisotopic (exact) mass is 398 g/mol. The predicted molar refractivity (Wildman–Crippen MR) is 109 cm³/mol. The van der Waals surface area contributed by atoms with Gasteiger partial charge in [-0.15, -0.1) is 0 Å². The largest absolute Gasteiger partial charge is 0.344 e. The van der Waals surface area contributed by atoms with Crippen molar-refractivity contribution in [3.63, 3.8) is 0 Å². The maximum Gasteiger partial charge on any atom is 0.344 e. The summed E-state index contributed by atoms with van der Waals surface area (Å²) < 4.78 is 0. The van der Waals surface area contributed by atoms with Crippen LogP contribution in [-0.2, 0) is 16.0 Å². The van der Waals surface area contributed by atoms with Crippen molar-refractivity contribution in [2.75, 3.05) is 13.1 Å². The molecular formula is C22H30N4O3. The number of likely N-dealkylation sites (tertiary alicyclic amines) is 1. The lowest BCUT2D eigenvalue weighted by Gasteiger charge is -2.35. The van der Waals surface area contributed by atoms with Gasteiger partial charge in [-0.1, -0.05) is 56.0 Å². The minimum Gasteiger partial charge on any atom is -0.322 e. The molecule has 29 heavy (non-hydrogen) atoms. The number of carbonyl (C=O) groups is 3. The molecule has 2 N–H and O–H groups in total. The van der Waals surface area contributed by atoms with Crippen molar-refractivity contribution in [2.24, 2.45) is 0 Å². The molecule has 2 aliphatic heterocycles. The molecule has 1 aromatic rings. The van der Waals surface area contributed by atoms with Gasteiger partial charge >= 0.3 is 6.03 Å². The molecule has 1 aliphatic carbocycles. The van der Waals surface area contributed by atoms with Crippen molar-refractivity contribution in [3.05, 3.63) is 35.9 Å². The molecule has 7 heteroatoms. The molecule has 1 saturated carbocycles. The van der Waals surface area contributed by atoms with Gasteiger partial charge < -0.3 is 5.32 Å². The summed E-state index contributed by atoms with van der Waals surface area (Å²) in [5.41, 5.74) is 3.02. The van der Waals surface area contributed by atoms with Crippen LogP contribution in [0, 0.1) is 0 Å². The Hall–Kier alpha value is -2.41. The van der Waals surface area contributed by atoms with E-state index >= 15 is 0 Å². The van der Waals surface area contributed by atoms with Crippen LogP contribution in [0.1, 0.15) is 56.9 Å². The van der Waals surface area contributed by atoms with Gasteiger partial charge in [-0.05, 0) is 44.2 Å². The highest BCUT2D eigenvalue weighted by atomic mass is 16.2. The van der Waals surface area contributed by atoms with Gasteiger partial charge in [-0.2, -0.15) is 5.01 Å². The molecule has 7 nitrogen and oxygen atoms in total. The topological polar surface area (TPSA) is 81.8 Å². The van der Waals surface area contributed by atoms with Crippen molar-refractivity contribution in [2.45, 2.75) is 69.4 Å². The smallest absolute Gasteiger partial charge is 0.322 e. The minimum absolute atomic E-state index is 0.196.